The first-order chi connectivity index (χ1) is 7.54. The fourth-order valence-corrected chi connectivity index (χ4v) is 2.89. The second-order valence-corrected chi connectivity index (χ2v) is 6.20. The van der Waals surface area contributed by atoms with Crippen molar-refractivity contribution in [1.82, 2.24) is 5.32 Å². The first-order valence-corrected chi connectivity index (χ1v) is 7.52. The molecule has 1 aliphatic carbocycles. The Bertz CT molecular complexity index is 230. The van der Waals surface area contributed by atoms with Crippen LogP contribution < -0.4 is 5.32 Å². The number of carbonyl (C=O) groups excluding carboxylic acids is 1. The van der Waals surface area contributed by atoms with Crippen molar-refractivity contribution in [2.24, 2.45) is 17.8 Å². The molecule has 1 amide bonds. The monoisotopic (exact) mass is 289 g/mol. The van der Waals surface area contributed by atoms with E-state index in [1.807, 2.05) is 0 Å². The van der Waals surface area contributed by atoms with Crippen molar-refractivity contribution in [3.8, 4) is 0 Å². The summed E-state index contributed by atoms with van der Waals surface area (Å²) in [5, 5.41) is 3.94. The molecule has 1 aliphatic rings. The van der Waals surface area contributed by atoms with Gasteiger partial charge in [0.15, 0.2) is 0 Å². The van der Waals surface area contributed by atoms with Gasteiger partial charge in [0, 0.05) is 17.8 Å². The quantitative estimate of drug-likeness (QED) is 0.790. The first kappa shape index (κ1) is 14.0. The Morgan fingerprint density at radius 2 is 2.12 bits per heavy atom. The molecule has 1 fully saturated rings. The summed E-state index contributed by atoms with van der Waals surface area (Å²) < 4.78 is 0. The summed E-state index contributed by atoms with van der Waals surface area (Å²) in [4.78, 5) is 11.6. The third kappa shape index (κ3) is 4.08. The van der Waals surface area contributed by atoms with Crippen molar-refractivity contribution in [1.29, 1.82) is 0 Å². The number of alkyl halides is 1. The van der Waals surface area contributed by atoms with Crippen LogP contribution in [0.3, 0.4) is 0 Å². The predicted molar refractivity (Wildman–Crippen MR) is 71.7 cm³/mol. The zero-order valence-corrected chi connectivity index (χ0v) is 12.2. The van der Waals surface area contributed by atoms with Crippen molar-refractivity contribution >= 4 is 21.8 Å². The molecule has 1 saturated carbocycles. The highest BCUT2D eigenvalue weighted by Crippen LogP contribution is 2.33. The van der Waals surface area contributed by atoms with Crippen molar-refractivity contribution < 1.29 is 4.79 Å². The SMILES string of the molecule is CC(C)C1CCC(C)C(NC(=O)CCBr)C1. The van der Waals surface area contributed by atoms with Crippen LogP contribution >= 0.6 is 15.9 Å². The molecule has 1 N–H and O–H groups in total. The maximum absolute atomic E-state index is 11.6. The first-order valence-electron chi connectivity index (χ1n) is 6.40. The molecule has 1 rings (SSSR count). The van der Waals surface area contributed by atoms with Crippen LogP contribution in [0, 0.1) is 17.8 Å². The zero-order chi connectivity index (χ0) is 12.1. The van der Waals surface area contributed by atoms with E-state index in [0.717, 1.165) is 23.6 Å². The number of nitrogens with one attached hydrogen (secondary N) is 1. The average Bonchev–Trinajstić information content (AvgIpc) is 2.21. The third-order valence-corrected chi connectivity index (χ3v) is 4.24. The van der Waals surface area contributed by atoms with E-state index >= 15 is 0 Å². The summed E-state index contributed by atoms with van der Waals surface area (Å²) in [5.74, 6) is 2.35. The van der Waals surface area contributed by atoms with E-state index in [0.29, 0.717) is 18.4 Å². The van der Waals surface area contributed by atoms with Crippen LogP contribution in [-0.4, -0.2) is 17.3 Å². The predicted octanol–water partition coefficient (Wildman–Crippen LogP) is 3.35. The molecule has 3 unspecified atom stereocenters. The lowest BCUT2D eigenvalue weighted by atomic mass is 9.74. The van der Waals surface area contributed by atoms with Gasteiger partial charge < -0.3 is 5.32 Å². The maximum Gasteiger partial charge on any atom is 0.221 e. The molecule has 2 nitrogen and oxygen atoms in total. The van der Waals surface area contributed by atoms with Gasteiger partial charge in [-0.25, -0.2) is 0 Å². The summed E-state index contributed by atoms with van der Waals surface area (Å²) >= 11 is 3.30. The topological polar surface area (TPSA) is 29.1 Å². The number of hydrogen-bond acceptors (Lipinski definition) is 1. The second kappa shape index (κ2) is 6.63. The molecule has 0 radical (unpaired) electrons. The lowest BCUT2D eigenvalue weighted by Gasteiger charge is -2.36. The summed E-state index contributed by atoms with van der Waals surface area (Å²) in [6.07, 6.45) is 4.33. The number of hydrogen-bond donors (Lipinski definition) is 1. The Labute approximate surface area is 108 Å². The van der Waals surface area contributed by atoms with Crippen LogP contribution in [-0.2, 0) is 4.79 Å². The lowest BCUT2D eigenvalue weighted by molar-refractivity contribution is -0.122. The molecule has 0 aromatic rings. The summed E-state index contributed by atoms with van der Waals surface area (Å²) in [5.41, 5.74) is 0. The van der Waals surface area contributed by atoms with Crippen molar-refractivity contribution in [3.63, 3.8) is 0 Å². The van der Waals surface area contributed by atoms with Gasteiger partial charge in [-0.2, -0.15) is 0 Å². The molecule has 0 aromatic heterocycles. The number of halogens is 1. The van der Waals surface area contributed by atoms with Gasteiger partial charge in [0.05, 0.1) is 0 Å². The van der Waals surface area contributed by atoms with Gasteiger partial charge in [-0.3, -0.25) is 4.79 Å². The maximum atomic E-state index is 11.6. The summed E-state index contributed by atoms with van der Waals surface area (Å²) in [7, 11) is 0. The minimum Gasteiger partial charge on any atom is -0.353 e. The van der Waals surface area contributed by atoms with Crippen LogP contribution in [0.25, 0.3) is 0 Å². The molecular formula is C13H24BrNO. The normalized spacial score (nSPS) is 30.4. The number of rotatable bonds is 4. The molecule has 0 heterocycles. The molecule has 0 aliphatic heterocycles. The lowest BCUT2D eigenvalue weighted by Crippen LogP contribution is -2.44. The molecule has 3 atom stereocenters. The Morgan fingerprint density at radius 1 is 1.44 bits per heavy atom. The van der Waals surface area contributed by atoms with Gasteiger partial charge in [0.25, 0.3) is 0 Å². The Balaban J connectivity index is 2.46. The van der Waals surface area contributed by atoms with E-state index in [2.05, 4.69) is 42.0 Å². The van der Waals surface area contributed by atoms with Gasteiger partial charge >= 0.3 is 0 Å². The van der Waals surface area contributed by atoms with Crippen molar-refractivity contribution in [3.05, 3.63) is 0 Å². The second-order valence-electron chi connectivity index (χ2n) is 5.41. The van der Waals surface area contributed by atoms with Crippen LogP contribution in [0.1, 0.15) is 46.5 Å². The average molecular weight is 290 g/mol. The van der Waals surface area contributed by atoms with E-state index in [1.54, 1.807) is 0 Å². The van der Waals surface area contributed by atoms with Crippen molar-refractivity contribution in [2.45, 2.75) is 52.5 Å². The van der Waals surface area contributed by atoms with E-state index in [4.69, 9.17) is 0 Å². The van der Waals surface area contributed by atoms with E-state index < -0.39 is 0 Å². The standard InChI is InChI=1S/C13H24BrNO/c1-9(2)11-5-4-10(3)12(8-11)15-13(16)6-7-14/h9-12H,4-8H2,1-3H3,(H,15,16). The molecule has 0 saturated heterocycles. The highest BCUT2D eigenvalue weighted by atomic mass is 79.9. The smallest absolute Gasteiger partial charge is 0.221 e. The van der Waals surface area contributed by atoms with Gasteiger partial charge in [-0.15, -0.1) is 0 Å². The third-order valence-electron chi connectivity index (χ3n) is 3.85. The summed E-state index contributed by atoms with van der Waals surface area (Å²) in [6.45, 7) is 6.84. The van der Waals surface area contributed by atoms with Gasteiger partial charge in [0.2, 0.25) is 5.91 Å². The van der Waals surface area contributed by atoms with E-state index in [1.165, 1.54) is 12.8 Å². The van der Waals surface area contributed by atoms with Crippen LogP contribution in [0.4, 0.5) is 0 Å². The Morgan fingerprint density at radius 3 is 2.69 bits per heavy atom. The van der Waals surface area contributed by atoms with Crippen LogP contribution in [0.5, 0.6) is 0 Å². The summed E-state index contributed by atoms with van der Waals surface area (Å²) in [6, 6.07) is 0.396. The van der Waals surface area contributed by atoms with Crippen molar-refractivity contribution in [2.75, 3.05) is 5.33 Å². The molecule has 16 heavy (non-hydrogen) atoms. The zero-order valence-electron chi connectivity index (χ0n) is 10.6. The van der Waals surface area contributed by atoms with Crippen LogP contribution in [0.2, 0.25) is 0 Å². The Hall–Kier alpha value is -0.0500. The minimum atomic E-state index is 0.193. The van der Waals surface area contributed by atoms with E-state index in [9.17, 15) is 4.79 Å². The molecule has 0 aromatic carbocycles. The van der Waals surface area contributed by atoms with Gasteiger partial charge in [0.1, 0.15) is 0 Å². The fourth-order valence-electron chi connectivity index (χ4n) is 2.53. The molecule has 94 valence electrons. The Kier molecular flexibility index (Phi) is 5.81. The van der Waals surface area contributed by atoms with E-state index in [-0.39, 0.29) is 5.91 Å². The molecule has 0 spiro atoms. The molecular weight excluding hydrogens is 266 g/mol. The number of carbonyl (C=O) groups is 1. The highest BCUT2D eigenvalue weighted by Gasteiger charge is 2.29. The van der Waals surface area contributed by atoms with Gasteiger partial charge in [-0.05, 0) is 37.0 Å². The van der Waals surface area contributed by atoms with Crippen LogP contribution in [0.15, 0.2) is 0 Å². The minimum absolute atomic E-state index is 0.193. The largest absolute Gasteiger partial charge is 0.353 e. The highest BCUT2D eigenvalue weighted by molar-refractivity contribution is 9.09. The molecule has 3 heteroatoms. The molecule has 0 bridgehead atoms. The fraction of sp³-hybridized carbons (Fsp3) is 0.923. The van der Waals surface area contributed by atoms with Gasteiger partial charge in [-0.1, -0.05) is 36.7 Å². The number of amides is 1.